The minimum Gasteiger partial charge on any atom is -0.488 e. The highest BCUT2D eigenvalue weighted by Gasteiger charge is 2.08. The number of halogens is 2. The van der Waals surface area contributed by atoms with E-state index >= 15 is 0 Å². The van der Waals surface area contributed by atoms with Crippen molar-refractivity contribution in [2.45, 2.75) is 6.54 Å². The van der Waals surface area contributed by atoms with E-state index in [2.05, 4.69) is 6.58 Å². The first kappa shape index (κ1) is 11.4. The lowest BCUT2D eigenvalue weighted by molar-refractivity contribution is 0.359. The van der Waals surface area contributed by atoms with Crippen LogP contribution in [0.1, 0.15) is 5.56 Å². The van der Waals surface area contributed by atoms with Crippen molar-refractivity contribution >= 4 is 23.2 Å². The van der Waals surface area contributed by atoms with E-state index in [0.29, 0.717) is 28.9 Å². The van der Waals surface area contributed by atoms with Crippen molar-refractivity contribution in [2.24, 2.45) is 5.73 Å². The maximum absolute atomic E-state index is 5.95. The zero-order valence-corrected chi connectivity index (χ0v) is 9.11. The summed E-state index contributed by atoms with van der Waals surface area (Å²) in [6.07, 6.45) is 1.64. The molecule has 0 aliphatic heterocycles. The molecular weight excluding hydrogens is 221 g/mol. The molecule has 0 aliphatic carbocycles. The van der Waals surface area contributed by atoms with E-state index in [0.717, 1.165) is 5.56 Å². The molecule has 0 saturated heterocycles. The Hall–Kier alpha value is -0.700. The Morgan fingerprint density at radius 2 is 2.14 bits per heavy atom. The van der Waals surface area contributed by atoms with Crippen molar-refractivity contribution in [3.8, 4) is 5.75 Å². The molecule has 1 rings (SSSR count). The first-order valence-electron chi connectivity index (χ1n) is 4.10. The summed E-state index contributed by atoms with van der Waals surface area (Å²) in [7, 11) is 0. The summed E-state index contributed by atoms with van der Waals surface area (Å²) in [6, 6.07) is 3.37. The number of hydrogen-bond donors (Lipinski definition) is 1. The quantitative estimate of drug-likeness (QED) is 0.810. The third-order valence-electron chi connectivity index (χ3n) is 1.65. The summed E-state index contributed by atoms with van der Waals surface area (Å²) in [4.78, 5) is 0. The summed E-state index contributed by atoms with van der Waals surface area (Å²) in [6.45, 7) is 4.29. The van der Waals surface area contributed by atoms with E-state index in [1.54, 1.807) is 18.2 Å². The standard InChI is InChI=1S/C10H11Cl2NO/c1-2-3-14-10-7(6-13)4-8(11)5-9(10)12/h2,4-5H,1,3,6,13H2. The van der Waals surface area contributed by atoms with Crippen LogP contribution in [0.25, 0.3) is 0 Å². The van der Waals surface area contributed by atoms with E-state index in [9.17, 15) is 0 Å². The Balaban J connectivity index is 3.04. The monoisotopic (exact) mass is 231 g/mol. The summed E-state index contributed by atoms with van der Waals surface area (Å²) in [5.74, 6) is 0.582. The highest BCUT2D eigenvalue weighted by atomic mass is 35.5. The number of benzene rings is 1. The second kappa shape index (κ2) is 5.25. The Bertz CT molecular complexity index is 339. The van der Waals surface area contributed by atoms with E-state index in [1.165, 1.54) is 0 Å². The molecule has 4 heteroatoms. The van der Waals surface area contributed by atoms with Crippen LogP contribution in [0.5, 0.6) is 5.75 Å². The SMILES string of the molecule is C=CCOc1c(Cl)cc(Cl)cc1CN. The molecule has 0 fully saturated rings. The topological polar surface area (TPSA) is 35.2 Å². The van der Waals surface area contributed by atoms with Gasteiger partial charge in [0.15, 0.2) is 0 Å². The molecule has 0 amide bonds. The molecule has 1 aromatic rings. The Kier molecular flexibility index (Phi) is 4.26. The van der Waals surface area contributed by atoms with Crippen LogP contribution in [0.4, 0.5) is 0 Å². The van der Waals surface area contributed by atoms with Crippen molar-refractivity contribution in [3.05, 3.63) is 40.4 Å². The second-order valence-corrected chi connectivity index (χ2v) is 3.52. The molecule has 0 bridgehead atoms. The van der Waals surface area contributed by atoms with Crippen molar-refractivity contribution < 1.29 is 4.74 Å². The van der Waals surface area contributed by atoms with Crippen molar-refractivity contribution in [1.29, 1.82) is 0 Å². The zero-order chi connectivity index (χ0) is 10.6. The van der Waals surface area contributed by atoms with E-state index < -0.39 is 0 Å². The van der Waals surface area contributed by atoms with Crippen LogP contribution in [0, 0.1) is 0 Å². The normalized spacial score (nSPS) is 9.93. The molecule has 0 atom stereocenters. The number of rotatable bonds is 4. The Morgan fingerprint density at radius 1 is 1.43 bits per heavy atom. The van der Waals surface area contributed by atoms with Gasteiger partial charge >= 0.3 is 0 Å². The molecule has 2 nitrogen and oxygen atoms in total. The van der Waals surface area contributed by atoms with Gasteiger partial charge in [0.1, 0.15) is 12.4 Å². The third-order valence-corrected chi connectivity index (χ3v) is 2.15. The lowest BCUT2D eigenvalue weighted by Gasteiger charge is -2.11. The van der Waals surface area contributed by atoms with Crippen molar-refractivity contribution in [2.75, 3.05) is 6.61 Å². The zero-order valence-electron chi connectivity index (χ0n) is 7.59. The van der Waals surface area contributed by atoms with Crippen LogP contribution < -0.4 is 10.5 Å². The van der Waals surface area contributed by atoms with Crippen LogP contribution in [0.15, 0.2) is 24.8 Å². The van der Waals surface area contributed by atoms with Crippen molar-refractivity contribution in [1.82, 2.24) is 0 Å². The summed E-state index contributed by atoms with van der Waals surface area (Å²) in [5.41, 5.74) is 6.33. The lowest BCUT2D eigenvalue weighted by atomic mass is 10.2. The fraction of sp³-hybridized carbons (Fsp3) is 0.200. The predicted molar refractivity (Wildman–Crippen MR) is 60.0 cm³/mol. The van der Waals surface area contributed by atoms with Crippen molar-refractivity contribution in [3.63, 3.8) is 0 Å². The van der Waals surface area contributed by atoms with Gasteiger partial charge in [0.05, 0.1) is 5.02 Å². The van der Waals surface area contributed by atoms with Gasteiger partial charge in [0.2, 0.25) is 0 Å². The van der Waals surface area contributed by atoms with Gasteiger partial charge in [-0.2, -0.15) is 0 Å². The van der Waals surface area contributed by atoms with E-state index in [-0.39, 0.29) is 0 Å². The van der Waals surface area contributed by atoms with Crippen LogP contribution in [-0.4, -0.2) is 6.61 Å². The minimum atomic E-state index is 0.340. The molecule has 0 radical (unpaired) electrons. The first-order valence-corrected chi connectivity index (χ1v) is 4.86. The Labute approximate surface area is 93.3 Å². The molecule has 0 unspecified atom stereocenters. The second-order valence-electron chi connectivity index (χ2n) is 2.68. The highest BCUT2D eigenvalue weighted by Crippen LogP contribution is 2.32. The van der Waals surface area contributed by atoms with Gasteiger partial charge in [0.25, 0.3) is 0 Å². The average Bonchev–Trinajstić information content (AvgIpc) is 2.15. The van der Waals surface area contributed by atoms with E-state index in [4.69, 9.17) is 33.7 Å². The maximum atomic E-state index is 5.95. The summed E-state index contributed by atoms with van der Waals surface area (Å²) >= 11 is 11.8. The maximum Gasteiger partial charge on any atom is 0.142 e. The van der Waals surface area contributed by atoms with Gasteiger partial charge in [-0.05, 0) is 12.1 Å². The molecule has 2 N–H and O–H groups in total. The van der Waals surface area contributed by atoms with Crippen LogP contribution in [-0.2, 0) is 6.54 Å². The van der Waals surface area contributed by atoms with E-state index in [1.807, 2.05) is 0 Å². The fourth-order valence-electron chi connectivity index (χ4n) is 1.07. The summed E-state index contributed by atoms with van der Waals surface area (Å²) < 4.78 is 5.37. The highest BCUT2D eigenvalue weighted by molar-refractivity contribution is 6.35. The van der Waals surface area contributed by atoms with Gasteiger partial charge in [-0.1, -0.05) is 35.9 Å². The molecule has 0 aliphatic rings. The smallest absolute Gasteiger partial charge is 0.142 e. The molecule has 0 heterocycles. The molecule has 1 aromatic carbocycles. The van der Waals surface area contributed by atoms with Gasteiger partial charge in [-0.15, -0.1) is 0 Å². The van der Waals surface area contributed by atoms with Gasteiger partial charge in [-0.3, -0.25) is 0 Å². The molecule has 0 aromatic heterocycles. The first-order chi connectivity index (χ1) is 6.69. The number of ether oxygens (including phenoxy) is 1. The number of hydrogen-bond acceptors (Lipinski definition) is 2. The molecule has 0 saturated carbocycles. The van der Waals surface area contributed by atoms with Gasteiger partial charge < -0.3 is 10.5 Å². The predicted octanol–water partition coefficient (Wildman–Crippen LogP) is 3.02. The third kappa shape index (κ3) is 2.64. The minimum absolute atomic E-state index is 0.340. The van der Waals surface area contributed by atoms with Crippen LogP contribution >= 0.6 is 23.2 Å². The largest absolute Gasteiger partial charge is 0.488 e. The van der Waals surface area contributed by atoms with Crippen LogP contribution in [0.3, 0.4) is 0 Å². The average molecular weight is 232 g/mol. The molecule has 76 valence electrons. The molecule has 0 spiro atoms. The lowest BCUT2D eigenvalue weighted by Crippen LogP contribution is -2.03. The van der Waals surface area contributed by atoms with Crippen LogP contribution in [0.2, 0.25) is 10.0 Å². The van der Waals surface area contributed by atoms with Gasteiger partial charge in [0, 0.05) is 17.1 Å². The fourth-order valence-corrected chi connectivity index (χ4v) is 1.66. The molecule has 14 heavy (non-hydrogen) atoms. The Morgan fingerprint density at radius 3 is 2.71 bits per heavy atom. The van der Waals surface area contributed by atoms with Gasteiger partial charge in [-0.25, -0.2) is 0 Å². The molecular formula is C10H11Cl2NO. The number of nitrogens with two attached hydrogens (primary N) is 1. The summed E-state index contributed by atoms with van der Waals surface area (Å²) in [5, 5.41) is 1.03.